The SMILES string of the molecule is Cc1cccc(C(=O)NC(C(=O)OCC(=O)Nc2ccc([N+](=O)[O-])cc2)C(C)C)c1. The molecule has 2 aromatic rings. The number of carbonyl (C=O) groups excluding carboxylic acids is 3. The Hall–Kier alpha value is -3.75. The normalized spacial score (nSPS) is 11.5. The molecule has 0 aromatic heterocycles. The number of benzene rings is 2. The van der Waals surface area contributed by atoms with E-state index in [4.69, 9.17) is 4.74 Å². The van der Waals surface area contributed by atoms with Crippen molar-refractivity contribution >= 4 is 29.2 Å². The topological polar surface area (TPSA) is 128 Å². The Morgan fingerprint density at radius 2 is 1.77 bits per heavy atom. The van der Waals surface area contributed by atoms with Gasteiger partial charge in [-0.2, -0.15) is 0 Å². The number of ether oxygens (including phenoxy) is 1. The van der Waals surface area contributed by atoms with Crippen molar-refractivity contribution in [2.45, 2.75) is 26.8 Å². The fourth-order valence-corrected chi connectivity index (χ4v) is 2.60. The van der Waals surface area contributed by atoms with E-state index in [2.05, 4.69) is 10.6 Å². The third-order valence-corrected chi connectivity index (χ3v) is 4.19. The second-order valence-corrected chi connectivity index (χ2v) is 7.02. The lowest BCUT2D eigenvalue weighted by molar-refractivity contribution is -0.384. The van der Waals surface area contributed by atoms with Crippen LogP contribution in [-0.2, 0) is 14.3 Å². The van der Waals surface area contributed by atoms with E-state index in [0.29, 0.717) is 11.3 Å². The Morgan fingerprint density at radius 1 is 1.10 bits per heavy atom. The summed E-state index contributed by atoms with van der Waals surface area (Å²) in [5, 5.41) is 15.8. The number of nitrogens with one attached hydrogen (secondary N) is 2. The highest BCUT2D eigenvalue weighted by Gasteiger charge is 2.26. The molecule has 30 heavy (non-hydrogen) atoms. The van der Waals surface area contributed by atoms with E-state index in [-0.39, 0.29) is 11.6 Å². The zero-order valence-corrected chi connectivity index (χ0v) is 16.9. The van der Waals surface area contributed by atoms with Crippen LogP contribution in [0.4, 0.5) is 11.4 Å². The largest absolute Gasteiger partial charge is 0.454 e. The van der Waals surface area contributed by atoms with Gasteiger partial charge in [0.2, 0.25) is 0 Å². The van der Waals surface area contributed by atoms with Crippen molar-refractivity contribution in [2.75, 3.05) is 11.9 Å². The van der Waals surface area contributed by atoms with Gasteiger partial charge >= 0.3 is 5.97 Å². The molecule has 2 aromatic carbocycles. The summed E-state index contributed by atoms with van der Waals surface area (Å²) in [6.07, 6.45) is 0. The Kier molecular flexibility index (Phi) is 7.62. The van der Waals surface area contributed by atoms with Gasteiger partial charge in [0.05, 0.1) is 4.92 Å². The number of carbonyl (C=O) groups is 3. The maximum absolute atomic E-state index is 12.4. The maximum atomic E-state index is 12.4. The van der Waals surface area contributed by atoms with Crippen LogP contribution in [0.2, 0.25) is 0 Å². The summed E-state index contributed by atoms with van der Waals surface area (Å²) in [5.41, 5.74) is 1.55. The molecule has 2 N–H and O–H groups in total. The highest BCUT2D eigenvalue weighted by molar-refractivity contribution is 5.97. The van der Waals surface area contributed by atoms with Crippen LogP contribution in [0, 0.1) is 23.0 Å². The number of hydrogen-bond acceptors (Lipinski definition) is 6. The molecule has 0 spiro atoms. The fourth-order valence-electron chi connectivity index (χ4n) is 2.60. The summed E-state index contributed by atoms with van der Waals surface area (Å²) in [6, 6.07) is 11.3. The molecule has 0 heterocycles. The molecule has 9 heteroatoms. The average molecular weight is 413 g/mol. The Labute approximate surface area is 173 Å². The van der Waals surface area contributed by atoms with Crippen LogP contribution in [0.3, 0.4) is 0 Å². The maximum Gasteiger partial charge on any atom is 0.329 e. The minimum absolute atomic E-state index is 0.108. The van der Waals surface area contributed by atoms with Crippen LogP contribution < -0.4 is 10.6 Å². The van der Waals surface area contributed by atoms with E-state index < -0.39 is 35.4 Å². The highest BCUT2D eigenvalue weighted by atomic mass is 16.6. The molecule has 2 amide bonds. The number of nitrogens with zero attached hydrogens (tertiary/aromatic N) is 1. The predicted octanol–water partition coefficient (Wildman–Crippen LogP) is 2.84. The Morgan fingerprint density at radius 3 is 2.33 bits per heavy atom. The molecule has 1 unspecified atom stereocenters. The number of rotatable bonds is 8. The molecule has 158 valence electrons. The monoisotopic (exact) mass is 413 g/mol. The number of esters is 1. The molecule has 0 aliphatic rings. The second kappa shape index (κ2) is 10.1. The first-order chi connectivity index (χ1) is 14.2. The minimum Gasteiger partial charge on any atom is -0.454 e. The molecule has 0 radical (unpaired) electrons. The van der Waals surface area contributed by atoms with E-state index in [1.807, 2.05) is 13.0 Å². The van der Waals surface area contributed by atoms with Crippen molar-refractivity contribution in [1.29, 1.82) is 0 Å². The van der Waals surface area contributed by atoms with Gasteiger partial charge in [0.1, 0.15) is 6.04 Å². The lowest BCUT2D eigenvalue weighted by atomic mass is 10.0. The first kappa shape index (κ1) is 22.5. The van der Waals surface area contributed by atoms with E-state index in [0.717, 1.165) is 5.56 Å². The van der Waals surface area contributed by atoms with Crippen molar-refractivity contribution in [3.05, 3.63) is 69.8 Å². The standard InChI is InChI=1S/C21H23N3O6/c1-13(2)19(23-20(26)15-6-4-5-14(3)11-15)21(27)30-12-18(25)22-16-7-9-17(10-8-16)24(28)29/h4-11,13,19H,12H2,1-3H3,(H,22,25)(H,23,26). The van der Waals surface area contributed by atoms with Crippen molar-refractivity contribution in [3.8, 4) is 0 Å². The zero-order valence-electron chi connectivity index (χ0n) is 16.9. The van der Waals surface area contributed by atoms with Crippen LogP contribution in [0.15, 0.2) is 48.5 Å². The lowest BCUT2D eigenvalue weighted by Gasteiger charge is -2.21. The minimum atomic E-state index is -0.926. The molecule has 0 fully saturated rings. The molecule has 2 rings (SSSR count). The van der Waals surface area contributed by atoms with Crippen molar-refractivity contribution in [1.82, 2.24) is 5.32 Å². The molecule has 9 nitrogen and oxygen atoms in total. The molecular formula is C21H23N3O6. The summed E-state index contributed by atoms with van der Waals surface area (Å²) < 4.78 is 5.05. The number of hydrogen-bond donors (Lipinski definition) is 2. The summed E-state index contributed by atoms with van der Waals surface area (Å²) >= 11 is 0. The quantitative estimate of drug-likeness (QED) is 0.389. The number of aryl methyl sites for hydroxylation is 1. The van der Waals surface area contributed by atoms with Gasteiger partial charge in [-0.25, -0.2) is 4.79 Å². The van der Waals surface area contributed by atoms with Crippen LogP contribution in [-0.4, -0.2) is 35.4 Å². The molecule has 0 aliphatic heterocycles. The number of non-ortho nitro benzene ring substituents is 1. The summed E-state index contributed by atoms with van der Waals surface area (Å²) in [5.74, 6) is -2.01. The van der Waals surface area contributed by atoms with E-state index in [9.17, 15) is 24.5 Å². The van der Waals surface area contributed by atoms with Crippen LogP contribution in [0.25, 0.3) is 0 Å². The molecule has 0 bridgehead atoms. The Bertz CT molecular complexity index is 940. The molecule has 0 saturated carbocycles. The summed E-state index contributed by atoms with van der Waals surface area (Å²) in [4.78, 5) is 46.9. The van der Waals surface area contributed by atoms with E-state index in [1.165, 1.54) is 24.3 Å². The third kappa shape index (κ3) is 6.40. The molecular weight excluding hydrogens is 390 g/mol. The van der Waals surface area contributed by atoms with Gasteiger partial charge in [0.15, 0.2) is 6.61 Å². The number of nitro benzene ring substituents is 1. The fraction of sp³-hybridized carbons (Fsp3) is 0.286. The van der Waals surface area contributed by atoms with Gasteiger partial charge < -0.3 is 15.4 Å². The molecule has 0 saturated heterocycles. The number of anilines is 1. The van der Waals surface area contributed by atoms with Gasteiger partial charge in [-0.3, -0.25) is 19.7 Å². The van der Waals surface area contributed by atoms with Crippen molar-refractivity contribution in [3.63, 3.8) is 0 Å². The summed E-state index contributed by atoms with van der Waals surface area (Å²) in [7, 11) is 0. The average Bonchev–Trinajstić information content (AvgIpc) is 2.70. The smallest absolute Gasteiger partial charge is 0.329 e. The van der Waals surface area contributed by atoms with Crippen molar-refractivity contribution < 1.29 is 24.0 Å². The Balaban J connectivity index is 1.92. The van der Waals surface area contributed by atoms with Gasteiger partial charge in [-0.15, -0.1) is 0 Å². The van der Waals surface area contributed by atoms with Crippen molar-refractivity contribution in [2.24, 2.45) is 5.92 Å². The predicted molar refractivity (Wildman–Crippen MR) is 110 cm³/mol. The van der Waals surface area contributed by atoms with Crippen LogP contribution in [0.5, 0.6) is 0 Å². The van der Waals surface area contributed by atoms with Gasteiger partial charge in [0.25, 0.3) is 17.5 Å². The van der Waals surface area contributed by atoms with Gasteiger partial charge in [-0.05, 0) is 37.1 Å². The number of amides is 2. The van der Waals surface area contributed by atoms with Crippen LogP contribution in [0.1, 0.15) is 29.8 Å². The third-order valence-electron chi connectivity index (χ3n) is 4.19. The van der Waals surface area contributed by atoms with E-state index >= 15 is 0 Å². The van der Waals surface area contributed by atoms with Gasteiger partial charge in [-0.1, -0.05) is 31.5 Å². The lowest BCUT2D eigenvalue weighted by Crippen LogP contribution is -2.45. The highest BCUT2D eigenvalue weighted by Crippen LogP contribution is 2.15. The number of nitro groups is 1. The zero-order chi connectivity index (χ0) is 22.3. The van der Waals surface area contributed by atoms with E-state index in [1.54, 1.807) is 32.0 Å². The van der Waals surface area contributed by atoms with Crippen LogP contribution >= 0.6 is 0 Å². The van der Waals surface area contributed by atoms with Gasteiger partial charge in [0, 0.05) is 23.4 Å². The first-order valence-corrected chi connectivity index (χ1v) is 9.26. The molecule has 0 aliphatic carbocycles. The first-order valence-electron chi connectivity index (χ1n) is 9.26. The second-order valence-electron chi connectivity index (χ2n) is 7.02. The molecule has 1 atom stereocenters. The summed E-state index contributed by atoms with van der Waals surface area (Å²) in [6.45, 7) is 4.80.